The number of H-pyrrole nitrogens is 1. The Hall–Kier alpha value is -3.90. The van der Waals surface area contributed by atoms with Gasteiger partial charge in [-0.1, -0.05) is 0 Å². The number of aromatic nitrogens is 7. The van der Waals surface area contributed by atoms with Crippen molar-refractivity contribution in [2.24, 2.45) is 0 Å². The van der Waals surface area contributed by atoms with Crippen molar-refractivity contribution in [2.75, 3.05) is 13.1 Å². The summed E-state index contributed by atoms with van der Waals surface area (Å²) in [5.74, 6) is -1.03. The minimum Gasteiger partial charge on any atom is -0.338 e. The van der Waals surface area contributed by atoms with Crippen molar-refractivity contribution < 1.29 is 18.0 Å². The van der Waals surface area contributed by atoms with Crippen LogP contribution in [-0.2, 0) is 6.18 Å². The number of carbonyl (C=O) groups excluding carboxylic acids is 1. The van der Waals surface area contributed by atoms with Crippen LogP contribution in [-0.4, -0.2) is 57.8 Å². The van der Waals surface area contributed by atoms with E-state index in [1.807, 2.05) is 0 Å². The fourth-order valence-corrected chi connectivity index (χ4v) is 4.21. The zero-order valence-electron chi connectivity index (χ0n) is 17.5. The number of alkyl halides is 3. The van der Waals surface area contributed by atoms with Crippen LogP contribution in [0.1, 0.15) is 40.8 Å². The number of likely N-dealkylation sites (tertiary alicyclic amines) is 1. The molecule has 0 atom stereocenters. The average Bonchev–Trinajstić information content (AvgIpc) is 3.52. The fourth-order valence-electron chi connectivity index (χ4n) is 4.21. The molecule has 0 radical (unpaired) electrons. The van der Waals surface area contributed by atoms with Crippen molar-refractivity contribution in [1.82, 2.24) is 38.8 Å². The highest BCUT2D eigenvalue weighted by molar-refractivity contribution is 5.95. The molecule has 13 heteroatoms. The second-order valence-electron chi connectivity index (χ2n) is 7.85. The summed E-state index contributed by atoms with van der Waals surface area (Å²) in [6, 6.07) is 2.93. The van der Waals surface area contributed by atoms with E-state index in [9.17, 15) is 22.8 Å². The van der Waals surface area contributed by atoms with Crippen LogP contribution >= 0.6 is 0 Å². The first-order chi connectivity index (χ1) is 15.7. The summed E-state index contributed by atoms with van der Waals surface area (Å²) < 4.78 is 43.4. The second-order valence-corrected chi connectivity index (χ2v) is 7.85. The van der Waals surface area contributed by atoms with Crippen LogP contribution < -0.4 is 5.56 Å². The van der Waals surface area contributed by atoms with E-state index in [1.165, 1.54) is 21.6 Å². The predicted octanol–water partition coefficient (Wildman–Crippen LogP) is 2.21. The van der Waals surface area contributed by atoms with Gasteiger partial charge in [0.25, 0.3) is 11.5 Å². The molecule has 1 aliphatic rings. The third-order valence-corrected chi connectivity index (χ3v) is 5.90. The molecule has 1 N–H and O–H groups in total. The zero-order chi connectivity index (χ0) is 23.3. The number of nitrogens with zero attached hydrogens (tertiary/aromatic N) is 7. The van der Waals surface area contributed by atoms with Crippen molar-refractivity contribution in [1.29, 1.82) is 0 Å². The Morgan fingerprint density at radius 2 is 1.97 bits per heavy atom. The third-order valence-electron chi connectivity index (χ3n) is 5.90. The maximum Gasteiger partial charge on any atom is 0.449 e. The van der Waals surface area contributed by atoms with Gasteiger partial charge < -0.3 is 9.47 Å². The van der Waals surface area contributed by atoms with Crippen molar-refractivity contribution >= 4 is 11.4 Å². The number of piperidine rings is 1. The quantitative estimate of drug-likeness (QED) is 0.505. The SMILES string of the molecule is Cc1c(C(=O)N2CCC(n3ccnc3C(F)(F)F)CC2)cnn1-c1nn2cccc2c(=O)[nH]1. The molecule has 10 nitrogen and oxygen atoms in total. The van der Waals surface area contributed by atoms with Gasteiger partial charge in [-0.2, -0.15) is 18.3 Å². The van der Waals surface area contributed by atoms with Gasteiger partial charge in [0.1, 0.15) is 5.52 Å². The van der Waals surface area contributed by atoms with Gasteiger partial charge in [0.15, 0.2) is 0 Å². The van der Waals surface area contributed by atoms with E-state index in [1.54, 1.807) is 30.2 Å². The first-order valence-corrected chi connectivity index (χ1v) is 10.3. The van der Waals surface area contributed by atoms with Crippen molar-refractivity contribution in [3.63, 3.8) is 0 Å². The molecule has 0 aliphatic carbocycles. The molecule has 0 bridgehead atoms. The molecule has 0 unspecified atom stereocenters. The Balaban J connectivity index is 1.34. The van der Waals surface area contributed by atoms with Crippen LogP contribution in [0.25, 0.3) is 11.5 Å². The van der Waals surface area contributed by atoms with Crippen LogP contribution in [0.2, 0.25) is 0 Å². The summed E-state index contributed by atoms with van der Waals surface area (Å²) in [6.45, 7) is 2.29. The first-order valence-electron chi connectivity index (χ1n) is 10.3. The lowest BCUT2D eigenvalue weighted by Gasteiger charge is -2.33. The molecule has 0 aromatic carbocycles. The molecule has 0 saturated carbocycles. The number of rotatable bonds is 3. The third kappa shape index (κ3) is 3.58. The molecular formula is C20H19F3N8O2. The van der Waals surface area contributed by atoms with Gasteiger partial charge in [0.05, 0.1) is 17.5 Å². The highest BCUT2D eigenvalue weighted by Gasteiger charge is 2.38. The molecule has 1 saturated heterocycles. The molecule has 5 rings (SSSR count). The Bertz CT molecular complexity index is 1390. The number of imidazole rings is 1. The van der Waals surface area contributed by atoms with E-state index in [-0.39, 0.29) is 23.5 Å². The minimum atomic E-state index is -4.53. The van der Waals surface area contributed by atoms with Crippen molar-refractivity contribution in [3.8, 4) is 5.95 Å². The van der Waals surface area contributed by atoms with Gasteiger partial charge in [-0.25, -0.2) is 14.2 Å². The van der Waals surface area contributed by atoms with Crippen LogP contribution in [0.5, 0.6) is 0 Å². The molecule has 5 heterocycles. The largest absolute Gasteiger partial charge is 0.449 e. The lowest BCUT2D eigenvalue weighted by atomic mass is 10.0. The molecule has 1 fully saturated rings. The normalized spacial score (nSPS) is 15.5. The number of aromatic amines is 1. The van der Waals surface area contributed by atoms with Gasteiger partial charge in [-0.15, -0.1) is 5.10 Å². The van der Waals surface area contributed by atoms with E-state index in [2.05, 4.69) is 20.2 Å². The summed E-state index contributed by atoms with van der Waals surface area (Å²) in [5.41, 5.74) is 0.870. The highest BCUT2D eigenvalue weighted by Crippen LogP contribution is 2.33. The minimum absolute atomic E-state index is 0.166. The Morgan fingerprint density at radius 3 is 2.70 bits per heavy atom. The van der Waals surface area contributed by atoms with Gasteiger partial charge in [-0.05, 0) is 31.9 Å². The number of amides is 1. The number of carbonyl (C=O) groups is 1. The van der Waals surface area contributed by atoms with Crippen LogP contribution in [0, 0.1) is 6.92 Å². The van der Waals surface area contributed by atoms with Crippen molar-refractivity contribution in [2.45, 2.75) is 32.0 Å². The van der Waals surface area contributed by atoms with Gasteiger partial charge >= 0.3 is 6.18 Å². The number of fused-ring (bicyclic) bond motifs is 1. The molecule has 1 aliphatic heterocycles. The van der Waals surface area contributed by atoms with E-state index >= 15 is 0 Å². The molecule has 33 heavy (non-hydrogen) atoms. The van der Waals surface area contributed by atoms with Gasteiger partial charge in [-0.3, -0.25) is 14.6 Å². The van der Waals surface area contributed by atoms with Crippen molar-refractivity contribution in [3.05, 3.63) is 64.4 Å². The van der Waals surface area contributed by atoms with E-state index in [4.69, 9.17) is 0 Å². The maximum absolute atomic E-state index is 13.2. The Labute approximate surface area is 184 Å². The van der Waals surface area contributed by atoms with Crippen LogP contribution in [0.3, 0.4) is 0 Å². The number of nitrogens with one attached hydrogen (secondary N) is 1. The summed E-state index contributed by atoms with van der Waals surface area (Å²) >= 11 is 0. The summed E-state index contributed by atoms with van der Waals surface area (Å²) in [4.78, 5) is 33.0. The summed E-state index contributed by atoms with van der Waals surface area (Å²) in [6.07, 6.45) is 1.72. The fraction of sp³-hybridized carbons (Fsp3) is 0.350. The number of hydrogen-bond donors (Lipinski definition) is 1. The first kappa shape index (κ1) is 21.0. The number of halogens is 3. The molecule has 1 amide bonds. The van der Waals surface area contributed by atoms with Gasteiger partial charge in [0.2, 0.25) is 11.8 Å². The van der Waals surface area contributed by atoms with Crippen LogP contribution in [0.4, 0.5) is 13.2 Å². The summed E-state index contributed by atoms with van der Waals surface area (Å²) in [7, 11) is 0. The number of hydrogen-bond acceptors (Lipinski definition) is 5. The van der Waals surface area contributed by atoms with Gasteiger partial charge in [0, 0.05) is 37.7 Å². The standard InChI is InChI=1S/C20H19F3N8O2/c1-12-14(11-25-31(12)19-26-16(32)15-3-2-7-30(15)27-19)17(33)28-8-4-13(5-9-28)29-10-6-24-18(29)20(21,22)23/h2-3,6-7,10-11,13H,4-5,8-9H2,1H3,(H,26,27,32). The topological polar surface area (TPSA) is 106 Å². The molecule has 4 aromatic rings. The van der Waals surface area contributed by atoms with E-state index in [0.717, 1.165) is 10.8 Å². The summed E-state index contributed by atoms with van der Waals surface area (Å²) in [5, 5.41) is 8.53. The predicted molar refractivity (Wildman–Crippen MR) is 109 cm³/mol. The maximum atomic E-state index is 13.2. The highest BCUT2D eigenvalue weighted by atomic mass is 19.4. The molecule has 0 spiro atoms. The lowest BCUT2D eigenvalue weighted by molar-refractivity contribution is -0.148. The smallest absolute Gasteiger partial charge is 0.338 e. The molecule has 4 aromatic heterocycles. The zero-order valence-corrected chi connectivity index (χ0v) is 17.5. The molecule has 172 valence electrons. The van der Waals surface area contributed by atoms with E-state index in [0.29, 0.717) is 42.7 Å². The Morgan fingerprint density at radius 1 is 1.21 bits per heavy atom. The average molecular weight is 460 g/mol. The monoisotopic (exact) mass is 460 g/mol. The second kappa shape index (κ2) is 7.60. The lowest BCUT2D eigenvalue weighted by Crippen LogP contribution is -2.39. The molecular weight excluding hydrogens is 441 g/mol. The van der Waals surface area contributed by atoms with Crippen LogP contribution in [0.15, 0.2) is 41.7 Å². The van der Waals surface area contributed by atoms with E-state index < -0.39 is 12.0 Å². The Kier molecular flexibility index (Phi) is 4.83.